The van der Waals surface area contributed by atoms with E-state index in [1.54, 1.807) is 13.8 Å². The number of amides is 3. The maximum atomic E-state index is 11.9. The highest BCUT2D eigenvalue weighted by atomic mass is 32.2. The van der Waals surface area contributed by atoms with E-state index in [-0.39, 0.29) is 11.9 Å². The van der Waals surface area contributed by atoms with Crippen molar-refractivity contribution < 1.29 is 9.59 Å². The van der Waals surface area contributed by atoms with Crippen LogP contribution in [0.2, 0.25) is 0 Å². The number of hydrogen-bond donors (Lipinski definition) is 1. The fourth-order valence-electron chi connectivity index (χ4n) is 2.09. The van der Waals surface area contributed by atoms with Gasteiger partial charge >= 0.3 is 6.03 Å². The van der Waals surface area contributed by atoms with Gasteiger partial charge in [0.25, 0.3) is 5.91 Å². The number of nitrogens with one attached hydrogen (secondary N) is 1. The van der Waals surface area contributed by atoms with E-state index < -0.39 is 5.54 Å². The molecule has 96 valence electrons. The van der Waals surface area contributed by atoms with Crippen molar-refractivity contribution in [2.24, 2.45) is 0 Å². The van der Waals surface area contributed by atoms with Gasteiger partial charge in [-0.2, -0.15) is 11.8 Å². The molecular formula is C11H19N3O2S. The summed E-state index contributed by atoms with van der Waals surface area (Å²) >= 11 is 1.96. The number of carbonyl (C=O) groups is 2. The summed E-state index contributed by atoms with van der Waals surface area (Å²) in [5.74, 6) is 2.17. The van der Waals surface area contributed by atoms with Gasteiger partial charge < -0.3 is 5.32 Å². The van der Waals surface area contributed by atoms with Crippen LogP contribution in [0.5, 0.6) is 0 Å². The monoisotopic (exact) mass is 257 g/mol. The van der Waals surface area contributed by atoms with Gasteiger partial charge in [-0.15, -0.1) is 0 Å². The summed E-state index contributed by atoms with van der Waals surface area (Å²) in [5.41, 5.74) is -0.741. The molecule has 2 fully saturated rings. The standard InChI is InChI=1S/C11H19N3O2S/c1-11(2)9(15)14(10(16)12-11)4-3-13-5-7-17-8-6-13/h3-8H2,1-2H3,(H,12,16). The zero-order valence-electron chi connectivity index (χ0n) is 10.4. The van der Waals surface area contributed by atoms with E-state index in [9.17, 15) is 9.59 Å². The molecule has 2 aliphatic heterocycles. The summed E-state index contributed by atoms with van der Waals surface area (Å²) in [6, 6.07) is -0.258. The molecule has 2 rings (SSSR count). The topological polar surface area (TPSA) is 52.7 Å². The van der Waals surface area contributed by atoms with Gasteiger partial charge in [-0.1, -0.05) is 0 Å². The Kier molecular flexibility index (Phi) is 3.63. The predicted octanol–water partition coefficient (Wildman–Crippen LogP) is 0.366. The van der Waals surface area contributed by atoms with Gasteiger partial charge in [-0.3, -0.25) is 14.6 Å². The van der Waals surface area contributed by atoms with Crippen LogP contribution in [0.25, 0.3) is 0 Å². The lowest BCUT2D eigenvalue weighted by Gasteiger charge is -2.27. The Labute approximate surface area is 106 Å². The molecule has 0 aromatic heterocycles. The molecule has 0 aromatic carbocycles. The first-order chi connectivity index (χ1) is 8.00. The fraction of sp³-hybridized carbons (Fsp3) is 0.818. The zero-order chi connectivity index (χ0) is 12.5. The Balaban J connectivity index is 1.86. The number of hydrogen-bond acceptors (Lipinski definition) is 4. The van der Waals surface area contributed by atoms with Crippen molar-refractivity contribution in [1.29, 1.82) is 0 Å². The first-order valence-electron chi connectivity index (χ1n) is 5.95. The van der Waals surface area contributed by atoms with Crippen LogP contribution in [-0.2, 0) is 4.79 Å². The van der Waals surface area contributed by atoms with E-state index in [4.69, 9.17) is 0 Å². The van der Waals surface area contributed by atoms with Crippen molar-refractivity contribution in [3.05, 3.63) is 0 Å². The molecule has 5 nitrogen and oxygen atoms in total. The van der Waals surface area contributed by atoms with Crippen molar-refractivity contribution in [2.45, 2.75) is 19.4 Å². The number of rotatable bonds is 3. The maximum Gasteiger partial charge on any atom is 0.325 e. The highest BCUT2D eigenvalue weighted by molar-refractivity contribution is 7.99. The number of imide groups is 1. The minimum Gasteiger partial charge on any atom is -0.324 e. The van der Waals surface area contributed by atoms with Crippen LogP contribution < -0.4 is 5.32 Å². The van der Waals surface area contributed by atoms with Crippen molar-refractivity contribution in [1.82, 2.24) is 15.1 Å². The number of nitrogens with zero attached hydrogens (tertiary/aromatic N) is 2. The summed E-state index contributed by atoms with van der Waals surface area (Å²) in [6.07, 6.45) is 0. The minimum absolute atomic E-state index is 0.117. The third-order valence-corrected chi connectivity index (χ3v) is 4.13. The molecule has 0 saturated carbocycles. The Morgan fingerprint density at radius 1 is 1.24 bits per heavy atom. The summed E-state index contributed by atoms with van der Waals surface area (Å²) < 4.78 is 0. The third-order valence-electron chi connectivity index (χ3n) is 3.19. The average molecular weight is 257 g/mol. The van der Waals surface area contributed by atoms with E-state index in [1.165, 1.54) is 4.90 Å². The second kappa shape index (κ2) is 4.86. The van der Waals surface area contributed by atoms with Crippen LogP contribution in [0.4, 0.5) is 4.79 Å². The second-order valence-electron chi connectivity index (χ2n) is 4.97. The Hall–Kier alpha value is -0.750. The second-order valence-corrected chi connectivity index (χ2v) is 6.19. The molecule has 1 N–H and O–H groups in total. The van der Waals surface area contributed by atoms with Crippen molar-refractivity contribution >= 4 is 23.7 Å². The smallest absolute Gasteiger partial charge is 0.324 e. The maximum absolute atomic E-state index is 11.9. The van der Waals surface area contributed by atoms with Gasteiger partial charge in [0.1, 0.15) is 5.54 Å². The molecule has 2 aliphatic rings. The lowest BCUT2D eigenvalue weighted by Crippen LogP contribution is -2.43. The summed E-state index contributed by atoms with van der Waals surface area (Å²) in [4.78, 5) is 27.2. The van der Waals surface area contributed by atoms with Crippen LogP contribution in [0.3, 0.4) is 0 Å². The number of urea groups is 1. The SMILES string of the molecule is CC1(C)NC(=O)N(CCN2CCSCC2)C1=O. The molecule has 0 spiro atoms. The van der Waals surface area contributed by atoms with Crippen LogP contribution >= 0.6 is 11.8 Å². The van der Waals surface area contributed by atoms with Gasteiger partial charge in [-0.25, -0.2) is 4.79 Å². The van der Waals surface area contributed by atoms with E-state index in [0.29, 0.717) is 6.54 Å². The molecule has 0 unspecified atom stereocenters. The third kappa shape index (κ3) is 2.74. The molecule has 0 atom stereocenters. The highest BCUT2D eigenvalue weighted by Crippen LogP contribution is 2.16. The predicted molar refractivity (Wildman–Crippen MR) is 68.1 cm³/mol. The molecule has 0 bridgehead atoms. The normalized spacial score (nSPS) is 25.2. The van der Waals surface area contributed by atoms with Crippen molar-refractivity contribution in [2.75, 3.05) is 37.7 Å². The van der Waals surface area contributed by atoms with Crippen LogP contribution in [0.15, 0.2) is 0 Å². The minimum atomic E-state index is -0.741. The van der Waals surface area contributed by atoms with E-state index in [2.05, 4.69) is 10.2 Å². The Morgan fingerprint density at radius 2 is 1.88 bits per heavy atom. The molecule has 17 heavy (non-hydrogen) atoms. The van der Waals surface area contributed by atoms with E-state index >= 15 is 0 Å². The van der Waals surface area contributed by atoms with Crippen LogP contribution in [0, 0.1) is 0 Å². The molecule has 3 amide bonds. The van der Waals surface area contributed by atoms with Crippen LogP contribution in [0.1, 0.15) is 13.8 Å². The average Bonchev–Trinajstić information content (AvgIpc) is 2.48. The Bertz CT molecular complexity index is 327. The van der Waals surface area contributed by atoms with E-state index in [1.807, 2.05) is 11.8 Å². The first-order valence-corrected chi connectivity index (χ1v) is 7.10. The van der Waals surface area contributed by atoms with Crippen molar-refractivity contribution in [3.63, 3.8) is 0 Å². The largest absolute Gasteiger partial charge is 0.325 e. The number of thioether (sulfide) groups is 1. The Morgan fingerprint density at radius 3 is 2.41 bits per heavy atom. The summed E-state index contributed by atoms with van der Waals surface area (Å²) in [5, 5.41) is 2.70. The lowest BCUT2D eigenvalue weighted by molar-refractivity contribution is -0.130. The van der Waals surface area contributed by atoms with Gasteiger partial charge in [0, 0.05) is 37.7 Å². The van der Waals surface area contributed by atoms with Gasteiger partial charge in [-0.05, 0) is 13.8 Å². The number of carbonyl (C=O) groups excluding carboxylic acids is 2. The molecule has 0 aliphatic carbocycles. The molecular weight excluding hydrogens is 238 g/mol. The zero-order valence-corrected chi connectivity index (χ0v) is 11.2. The molecule has 0 radical (unpaired) electrons. The van der Waals surface area contributed by atoms with Gasteiger partial charge in [0.2, 0.25) is 0 Å². The van der Waals surface area contributed by atoms with Crippen molar-refractivity contribution in [3.8, 4) is 0 Å². The fourth-order valence-corrected chi connectivity index (χ4v) is 3.07. The summed E-state index contributed by atoms with van der Waals surface area (Å²) in [7, 11) is 0. The van der Waals surface area contributed by atoms with E-state index in [0.717, 1.165) is 31.1 Å². The molecule has 6 heteroatoms. The first kappa shape index (κ1) is 12.7. The van der Waals surface area contributed by atoms with Crippen LogP contribution in [-0.4, -0.2) is 65.0 Å². The van der Waals surface area contributed by atoms with Gasteiger partial charge in [0.15, 0.2) is 0 Å². The lowest BCUT2D eigenvalue weighted by atomic mass is 10.1. The molecule has 0 aromatic rings. The summed E-state index contributed by atoms with van der Waals surface area (Å²) in [6.45, 7) is 6.87. The quantitative estimate of drug-likeness (QED) is 0.742. The molecule has 2 heterocycles. The van der Waals surface area contributed by atoms with Gasteiger partial charge in [0.05, 0.1) is 0 Å². The highest BCUT2D eigenvalue weighted by Gasteiger charge is 2.43. The molecule has 2 saturated heterocycles.